The van der Waals surface area contributed by atoms with Crippen molar-refractivity contribution >= 4 is 28.0 Å². The largest absolute Gasteiger partial charge is 0.399 e. The van der Waals surface area contributed by atoms with Gasteiger partial charge in [0.25, 0.3) is 0 Å². The number of hydrogen-bond acceptors (Lipinski definition) is 3. The second kappa shape index (κ2) is 12.3. The maximum atomic E-state index is 5.87. The van der Waals surface area contributed by atoms with Gasteiger partial charge in [-0.05, 0) is 85.6 Å². The molecule has 8 rings (SSSR count). The van der Waals surface area contributed by atoms with Crippen LogP contribution in [0.1, 0.15) is 22.7 Å². The molecule has 0 fully saturated rings. The molecule has 0 aromatic heterocycles. The van der Waals surface area contributed by atoms with Gasteiger partial charge in [-0.25, -0.2) is 4.99 Å². The van der Waals surface area contributed by atoms with Crippen LogP contribution in [-0.2, 0) is 0 Å². The van der Waals surface area contributed by atoms with Crippen molar-refractivity contribution < 1.29 is 0 Å². The van der Waals surface area contributed by atoms with Crippen molar-refractivity contribution in [2.75, 3.05) is 5.73 Å². The molecule has 1 heterocycles. The van der Waals surface area contributed by atoms with Crippen molar-refractivity contribution in [1.29, 1.82) is 0 Å². The Kier molecular flexibility index (Phi) is 7.41. The summed E-state index contributed by atoms with van der Waals surface area (Å²) in [5.74, 6) is 0.881. The molecule has 0 amide bonds. The van der Waals surface area contributed by atoms with Crippen LogP contribution in [-0.4, -0.2) is 5.84 Å². The molecule has 3 heteroatoms. The van der Waals surface area contributed by atoms with Gasteiger partial charge in [0.05, 0.1) is 11.7 Å². The number of nitrogens with zero attached hydrogens (tertiary/aromatic N) is 1. The fraction of sp³-hybridized carbons (Fsp3) is 0.0227. The maximum Gasteiger partial charge on any atom is 0.134 e. The lowest BCUT2D eigenvalue weighted by Crippen LogP contribution is -2.31. The number of aliphatic imine (C=N–C) groups is 1. The van der Waals surface area contributed by atoms with Gasteiger partial charge in [0.1, 0.15) is 5.84 Å². The summed E-state index contributed by atoms with van der Waals surface area (Å²) >= 11 is 0. The molecule has 0 aliphatic carbocycles. The highest BCUT2D eigenvalue weighted by Gasteiger charge is 2.19. The number of rotatable bonds is 6. The second-order valence-corrected chi connectivity index (χ2v) is 12.0. The number of fused-ring (bicyclic) bond motifs is 1. The van der Waals surface area contributed by atoms with E-state index in [0.717, 1.165) is 33.9 Å². The Morgan fingerprint density at radius 1 is 0.426 bits per heavy atom. The first kappa shape index (κ1) is 28.3. The van der Waals surface area contributed by atoms with Gasteiger partial charge >= 0.3 is 0 Å². The highest BCUT2D eigenvalue weighted by Crippen LogP contribution is 2.32. The Balaban J connectivity index is 1.08. The number of nitrogens with two attached hydrogens (primary N) is 1. The molecule has 224 valence electrons. The average molecular weight is 604 g/mol. The molecule has 0 spiro atoms. The Hall–Kier alpha value is -6.19. The van der Waals surface area contributed by atoms with Gasteiger partial charge in [-0.3, -0.25) is 0 Å². The Bertz CT molecular complexity index is 2230. The third kappa shape index (κ3) is 5.95. The molecule has 7 aromatic carbocycles. The van der Waals surface area contributed by atoms with Crippen molar-refractivity contribution in [2.45, 2.75) is 6.04 Å². The predicted octanol–water partition coefficient (Wildman–Crippen LogP) is 10.6. The summed E-state index contributed by atoms with van der Waals surface area (Å²) in [5, 5.41) is 6.08. The van der Waals surface area contributed by atoms with E-state index >= 15 is 0 Å². The normalized spacial score (nSPS) is 14.3. The van der Waals surface area contributed by atoms with E-state index in [2.05, 4.69) is 163 Å². The van der Waals surface area contributed by atoms with Gasteiger partial charge in [-0.1, -0.05) is 146 Å². The zero-order valence-corrected chi connectivity index (χ0v) is 25.8. The topological polar surface area (TPSA) is 50.4 Å². The van der Waals surface area contributed by atoms with Crippen LogP contribution in [0.15, 0.2) is 181 Å². The van der Waals surface area contributed by atoms with Crippen LogP contribution in [0.5, 0.6) is 0 Å². The molecule has 1 atom stereocenters. The fourth-order valence-corrected chi connectivity index (χ4v) is 6.25. The lowest BCUT2D eigenvalue weighted by Gasteiger charge is -2.24. The van der Waals surface area contributed by atoms with Crippen LogP contribution >= 0.6 is 0 Å². The third-order valence-electron chi connectivity index (χ3n) is 8.87. The molecule has 0 bridgehead atoms. The van der Waals surface area contributed by atoms with E-state index in [0.29, 0.717) is 0 Å². The molecule has 1 aliphatic heterocycles. The van der Waals surface area contributed by atoms with Crippen LogP contribution in [0, 0.1) is 0 Å². The van der Waals surface area contributed by atoms with Crippen molar-refractivity contribution in [3.63, 3.8) is 0 Å². The molecule has 0 saturated carbocycles. The minimum absolute atomic E-state index is 0.0298. The minimum atomic E-state index is 0.0298. The highest BCUT2D eigenvalue weighted by molar-refractivity contribution is 6.03. The summed E-state index contributed by atoms with van der Waals surface area (Å²) in [6.45, 7) is 0. The molecule has 0 radical (unpaired) electrons. The van der Waals surface area contributed by atoms with E-state index < -0.39 is 0 Å². The van der Waals surface area contributed by atoms with E-state index in [-0.39, 0.29) is 6.04 Å². The number of anilines is 1. The molecular formula is C44H33N3. The summed E-state index contributed by atoms with van der Waals surface area (Å²) in [7, 11) is 0. The molecule has 3 nitrogen and oxygen atoms in total. The predicted molar refractivity (Wildman–Crippen MR) is 198 cm³/mol. The first-order valence-corrected chi connectivity index (χ1v) is 15.9. The van der Waals surface area contributed by atoms with Crippen molar-refractivity contribution in [2.24, 2.45) is 4.99 Å². The molecule has 47 heavy (non-hydrogen) atoms. The van der Waals surface area contributed by atoms with Gasteiger partial charge in [0.2, 0.25) is 0 Å². The van der Waals surface area contributed by atoms with E-state index in [1.165, 1.54) is 44.2 Å². The van der Waals surface area contributed by atoms with Gasteiger partial charge < -0.3 is 11.1 Å². The van der Waals surface area contributed by atoms with Gasteiger partial charge in [0, 0.05) is 11.3 Å². The summed E-state index contributed by atoms with van der Waals surface area (Å²) < 4.78 is 0. The van der Waals surface area contributed by atoms with Gasteiger partial charge in [0.15, 0.2) is 0 Å². The lowest BCUT2D eigenvalue weighted by atomic mass is 9.95. The van der Waals surface area contributed by atoms with Crippen LogP contribution in [0.3, 0.4) is 0 Å². The monoisotopic (exact) mass is 603 g/mol. The van der Waals surface area contributed by atoms with E-state index in [1.54, 1.807) is 0 Å². The van der Waals surface area contributed by atoms with Gasteiger partial charge in [-0.2, -0.15) is 0 Å². The fourth-order valence-electron chi connectivity index (χ4n) is 6.25. The number of amidine groups is 1. The molecule has 0 saturated heterocycles. The van der Waals surface area contributed by atoms with E-state index in [9.17, 15) is 0 Å². The first-order valence-electron chi connectivity index (χ1n) is 15.9. The Morgan fingerprint density at radius 3 is 1.47 bits per heavy atom. The summed E-state index contributed by atoms with van der Waals surface area (Å²) in [5.41, 5.74) is 18.1. The molecular weight excluding hydrogens is 571 g/mol. The Labute approximate surface area is 275 Å². The van der Waals surface area contributed by atoms with Crippen LogP contribution < -0.4 is 11.1 Å². The number of nitrogens with one attached hydrogen (secondary N) is 1. The molecule has 1 unspecified atom stereocenters. The minimum Gasteiger partial charge on any atom is -0.399 e. The lowest BCUT2D eigenvalue weighted by molar-refractivity contribution is 0.781. The number of benzene rings is 7. The van der Waals surface area contributed by atoms with Crippen molar-refractivity contribution in [3.8, 4) is 33.4 Å². The van der Waals surface area contributed by atoms with E-state index in [1.807, 2.05) is 18.2 Å². The second-order valence-electron chi connectivity index (χ2n) is 12.0. The molecule has 3 N–H and O–H groups in total. The molecule has 1 aliphatic rings. The standard InChI is InChI=1S/C44H33N3/c45-41-25-23-31(24-26-41)30-11-13-32(14-12-30)38-21-17-34-18-22-39(28-40(34)27-38)33-15-19-36(20-16-33)43-29-42(35-7-3-1-4-8-35)46-44(47-43)37-9-5-2-6-10-37/h1-29,42H,45H2,(H,46,47). The van der Waals surface area contributed by atoms with E-state index in [4.69, 9.17) is 10.7 Å². The van der Waals surface area contributed by atoms with Crippen LogP contribution in [0.2, 0.25) is 0 Å². The highest BCUT2D eigenvalue weighted by atomic mass is 15.0. The SMILES string of the molecule is Nc1ccc(-c2ccc(-c3ccc4ccc(-c5ccc(C6=CC(c7ccccc7)NC(c7ccccc7)=N6)cc5)cc4c3)cc2)cc1. The van der Waals surface area contributed by atoms with Crippen LogP contribution in [0.4, 0.5) is 5.69 Å². The summed E-state index contributed by atoms with van der Waals surface area (Å²) in [6.07, 6.45) is 2.22. The van der Waals surface area contributed by atoms with Gasteiger partial charge in [-0.15, -0.1) is 0 Å². The molecule has 7 aromatic rings. The maximum absolute atomic E-state index is 5.87. The zero-order chi connectivity index (χ0) is 31.6. The average Bonchev–Trinajstić information content (AvgIpc) is 3.15. The van der Waals surface area contributed by atoms with Crippen molar-refractivity contribution in [1.82, 2.24) is 5.32 Å². The number of nitrogen functional groups attached to an aromatic ring is 1. The quantitative estimate of drug-likeness (QED) is 0.186. The van der Waals surface area contributed by atoms with Crippen molar-refractivity contribution in [3.05, 3.63) is 193 Å². The first-order chi connectivity index (χ1) is 23.2. The smallest absolute Gasteiger partial charge is 0.134 e. The third-order valence-corrected chi connectivity index (χ3v) is 8.87. The zero-order valence-electron chi connectivity index (χ0n) is 25.8. The summed E-state index contributed by atoms with van der Waals surface area (Å²) in [4.78, 5) is 5.07. The van der Waals surface area contributed by atoms with Crippen LogP contribution in [0.25, 0.3) is 49.9 Å². The Morgan fingerprint density at radius 2 is 0.894 bits per heavy atom. The summed E-state index contributed by atoms with van der Waals surface area (Å²) in [6, 6.07) is 59.8. The number of hydrogen-bond donors (Lipinski definition) is 2.